The molecule has 2 aromatic heterocycles. The maximum absolute atomic E-state index is 13.4. The highest BCUT2D eigenvalue weighted by atomic mass is 32.2. The second kappa shape index (κ2) is 5.62. The van der Waals surface area contributed by atoms with E-state index in [9.17, 15) is 12.8 Å². The van der Waals surface area contributed by atoms with Crippen LogP contribution in [0.25, 0.3) is 6.08 Å². The largest absolute Gasteiger partial charge is 0.283 e. The zero-order chi connectivity index (χ0) is 17.6. The number of hydrogen-bond donors (Lipinski definition) is 0. The van der Waals surface area contributed by atoms with Crippen LogP contribution in [0.2, 0.25) is 0 Å². The summed E-state index contributed by atoms with van der Waals surface area (Å²) in [5.74, 6) is -0.719. The Morgan fingerprint density at radius 3 is 2.80 bits per heavy atom. The van der Waals surface area contributed by atoms with Crippen molar-refractivity contribution >= 4 is 16.1 Å². The van der Waals surface area contributed by atoms with E-state index in [4.69, 9.17) is 0 Å². The minimum Gasteiger partial charge on any atom is -0.280 e. The van der Waals surface area contributed by atoms with Gasteiger partial charge in [0.2, 0.25) is 0 Å². The van der Waals surface area contributed by atoms with Gasteiger partial charge in [-0.3, -0.25) is 9.67 Å². The molecule has 0 bridgehead atoms. The van der Waals surface area contributed by atoms with Crippen LogP contribution in [0.15, 0.2) is 52.7 Å². The van der Waals surface area contributed by atoms with Crippen molar-refractivity contribution in [2.75, 3.05) is 6.54 Å². The predicted octanol–water partition coefficient (Wildman–Crippen LogP) is 0.190. The average molecular weight is 359 g/mol. The predicted molar refractivity (Wildman–Crippen MR) is 87.3 cm³/mol. The number of hydrogen-bond acceptors (Lipinski definition) is 5. The molecule has 0 fully saturated rings. The molecule has 1 aromatic carbocycles. The normalized spacial score (nSPS) is 16.8. The fraction of sp³-hybridized carbons (Fsp3) is 0.188. The fourth-order valence-electron chi connectivity index (χ4n) is 2.80. The second-order valence-electron chi connectivity index (χ2n) is 5.78. The van der Waals surface area contributed by atoms with Gasteiger partial charge >= 0.3 is 0 Å². The van der Waals surface area contributed by atoms with Gasteiger partial charge in [0.1, 0.15) is 16.5 Å². The number of aromatic nitrogens is 4. The van der Waals surface area contributed by atoms with Gasteiger partial charge in [0.05, 0.1) is 23.8 Å². The van der Waals surface area contributed by atoms with E-state index >= 15 is 0 Å². The number of halogens is 1. The maximum Gasteiger partial charge on any atom is 0.283 e. The molecule has 1 aliphatic heterocycles. The van der Waals surface area contributed by atoms with E-state index in [2.05, 4.69) is 15.2 Å². The number of benzene rings is 1. The Kier molecular flexibility index (Phi) is 3.53. The summed E-state index contributed by atoms with van der Waals surface area (Å²) in [6.07, 6.45) is 6.80. The van der Waals surface area contributed by atoms with Gasteiger partial charge in [0, 0.05) is 19.2 Å². The standard InChI is InChI=1S/C16H14FN5O2S/c1-21-10-12(8-19-21)11-5-16-15(18-7-11)9-20-22(16)25(23,24)14-4-2-3-13(17)6-14/h2-6,8-11H,7H2,1H3. The first-order chi connectivity index (χ1) is 11.9. The highest BCUT2D eigenvalue weighted by Crippen LogP contribution is 2.18. The zero-order valence-corrected chi connectivity index (χ0v) is 14.1. The maximum atomic E-state index is 13.4. The van der Waals surface area contributed by atoms with Crippen LogP contribution in [0.1, 0.15) is 11.5 Å². The SMILES string of the molecule is Cn1cc(C2C=c3c(cnn3S(=O)(=O)c3cccc(F)c3)=NC2)cn1. The summed E-state index contributed by atoms with van der Waals surface area (Å²) in [6.45, 7) is 0.490. The molecule has 1 atom stereocenters. The van der Waals surface area contributed by atoms with Crippen molar-refractivity contribution in [1.29, 1.82) is 0 Å². The first kappa shape index (κ1) is 15.7. The summed E-state index contributed by atoms with van der Waals surface area (Å²) in [5, 5.41) is 8.99. The Labute approximate surface area is 142 Å². The highest BCUT2D eigenvalue weighted by Gasteiger charge is 2.23. The first-order valence-electron chi connectivity index (χ1n) is 7.55. The Hall–Kier alpha value is -2.81. The van der Waals surface area contributed by atoms with Crippen LogP contribution >= 0.6 is 0 Å². The van der Waals surface area contributed by atoms with Gasteiger partial charge < -0.3 is 0 Å². The van der Waals surface area contributed by atoms with Gasteiger partial charge in [0.25, 0.3) is 10.0 Å². The molecule has 1 unspecified atom stereocenters. The van der Waals surface area contributed by atoms with Crippen LogP contribution in [0.5, 0.6) is 0 Å². The summed E-state index contributed by atoms with van der Waals surface area (Å²) >= 11 is 0. The van der Waals surface area contributed by atoms with Crippen LogP contribution in [0.4, 0.5) is 4.39 Å². The lowest BCUT2D eigenvalue weighted by Crippen LogP contribution is -2.37. The quantitative estimate of drug-likeness (QED) is 0.668. The van der Waals surface area contributed by atoms with E-state index in [-0.39, 0.29) is 10.8 Å². The summed E-state index contributed by atoms with van der Waals surface area (Å²) in [6, 6.07) is 4.86. The smallest absolute Gasteiger partial charge is 0.280 e. The van der Waals surface area contributed by atoms with Crippen LogP contribution in [-0.2, 0) is 17.1 Å². The summed E-state index contributed by atoms with van der Waals surface area (Å²) in [7, 11) is -2.19. The van der Waals surface area contributed by atoms with Crippen LogP contribution in [-0.4, -0.2) is 33.9 Å². The van der Waals surface area contributed by atoms with Gasteiger partial charge in [-0.25, -0.2) is 4.39 Å². The van der Waals surface area contributed by atoms with Crippen molar-refractivity contribution in [3.63, 3.8) is 0 Å². The molecular weight excluding hydrogens is 345 g/mol. The Morgan fingerprint density at radius 2 is 2.08 bits per heavy atom. The molecule has 0 saturated carbocycles. The number of fused-ring (bicyclic) bond motifs is 1. The molecule has 7 nitrogen and oxygen atoms in total. The van der Waals surface area contributed by atoms with E-state index in [0.29, 0.717) is 17.3 Å². The van der Waals surface area contributed by atoms with Gasteiger partial charge in [-0.15, -0.1) is 0 Å². The molecule has 128 valence electrons. The van der Waals surface area contributed by atoms with Crippen molar-refractivity contribution in [1.82, 2.24) is 19.0 Å². The second-order valence-corrected chi connectivity index (χ2v) is 7.55. The molecule has 1 aliphatic rings. The average Bonchev–Trinajstić information content (AvgIpc) is 3.20. The summed E-state index contributed by atoms with van der Waals surface area (Å²) in [5.41, 5.74) is 0.938. The molecule has 0 radical (unpaired) electrons. The third-order valence-corrected chi connectivity index (χ3v) is 5.64. The third-order valence-electron chi connectivity index (χ3n) is 4.05. The minimum atomic E-state index is -4.01. The van der Waals surface area contributed by atoms with Crippen molar-refractivity contribution in [2.24, 2.45) is 12.0 Å². The molecule has 0 spiro atoms. The van der Waals surface area contributed by atoms with Crippen molar-refractivity contribution in [3.8, 4) is 0 Å². The molecule has 3 aromatic rings. The van der Waals surface area contributed by atoms with E-state index < -0.39 is 15.8 Å². The monoisotopic (exact) mass is 359 g/mol. The first-order valence-corrected chi connectivity index (χ1v) is 8.99. The lowest BCUT2D eigenvalue weighted by atomic mass is 10.0. The van der Waals surface area contributed by atoms with Gasteiger partial charge in [-0.2, -0.15) is 22.7 Å². The molecule has 9 heteroatoms. The third kappa shape index (κ3) is 2.66. The fourth-order valence-corrected chi connectivity index (χ4v) is 4.09. The number of aryl methyl sites for hydroxylation is 1. The van der Waals surface area contributed by atoms with Gasteiger partial charge in [0.15, 0.2) is 0 Å². The van der Waals surface area contributed by atoms with E-state index in [1.54, 1.807) is 10.9 Å². The van der Waals surface area contributed by atoms with E-state index in [1.165, 1.54) is 24.4 Å². The lowest BCUT2D eigenvalue weighted by molar-refractivity contribution is 0.574. The molecule has 4 rings (SSSR count). The molecule has 0 aliphatic carbocycles. The lowest BCUT2D eigenvalue weighted by Gasteiger charge is -2.11. The van der Waals surface area contributed by atoms with E-state index in [1.807, 2.05) is 19.3 Å². The Balaban J connectivity index is 1.86. The molecule has 0 N–H and O–H groups in total. The molecule has 0 amide bonds. The summed E-state index contributed by atoms with van der Waals surface area (Å²) < 4.78 is 41.7. The number of nitrogens with zero attached hydrogens (tertiary/aromatic N) is 5. The Bertz CT molecular complexity index is 1180. The van der Waals surface area contributed by atoms with Gasteiger partial charge in [-0.05, 0) is 29.8 Å². The minimum absolute atomic E-state index is 0.0978. The topological polar surface area (TPSA) is 82.1 Å². The highest BCUT2D eigenvalue weighted by molar-refractivity contribution is 7.89. The van der Waals surface area contributed by atoms with Gasteiger partial charge in [-0.1, -0.05) is 6.07 Å². The zero-order valence-electron chi connectivity index (χ0n) is 13.2. The van der Waals surface area contributed by atoms with Crippen molar-refractivity contribution < 1.29 is 12.8 Å². The number of rotatable bonds is 3. The molecule has 0 saturated heterocycles. The van der Waals surface area contributed by atoms with Crippen molar-refractivity contribution in [3.05, 3.63) is 64.9 Å². The van der Waals surface area contributed by atoms with E-state index in [0.717, 1.165) is 15.7 Å². The van der Waals surface area contributed by atoms with Crippen LogP contribution in [0, 0.1) is 5.82 Å². The van der Waals surface area contributed by atoms with Crippen LogP contribution in [0.3, 0.4) is 0 Å². The molecular formula is C16H14FN5O2S. The van der Waals surface area contributed by atoms with Crippen LogP contribution < -0.4 is 10.7 Å². The Morgan fingerprint density at radius 1 is 1.24 bits per heavy atom. The van der Waals surface area contributed by atoms with Crippen molar-refractivity contribution in [2.45, 2.75) is 10.8 Å². The molecule has 25 heavy (non-hydrogen) atoms. The molecule has 3 heterocycles. The summed E-state index contributed by atoms with van der Waals surface area (Å²) in [4.78, 5) is 4.26.